The van der Waals surface area contributed by atoms with Crippen molar-refractivity contribution in [1.29, 1.82) is 0 Å². The molecule has 0 unspecified atom stereocenters. The number of ketones is 1. The molecule has 0 radical (unpaired) electrons. The van der Waals surface area contributed by atoms with Crippen molar-refractivity contribution in [2.24, 2.45) is 11.8 Å². The summed E-state index contributed by atoms with van der Waals surface area (Å²) in [5.74, 6) is -1.47. The first-order chi connectivity index (χ1) is 7.18. The van der Waals surface area contributed by atoms with Crippen molar-refractivity contribution in [3.8, 4) is 0 Å². The minimum absolute atomic E-state index is 0.0496. The van der Waals surface area contributed by atoms with E-state index in [9.17, 15) is 9.59 Å². The van der Waals surface area contributed by atoms with Crippen molar-refractivity contribution in [1.82, 2.24) is 0 Å². The van der Waals surface area contributed by atoms with Crippen LogP contribution in [0.3, 0.4) is 0 Å². The normalized spacial score (nSPS) is 23.5. The second-order valence-electron chi connectivity index (χ2n) is 3.92. The van der Waals surface area contributed by atoms with Crippen LogP contribution in [0, 0.1) is 11.8 Å². The lowest BCUT2D eigenvalue weighted by molar-refractivity contribution is -0.140. The quantitative estimate of drug-likeness (QED) is 0.809. The number of aliphatic carboxylic acids is 1. The molecule has 3 heteroatoms. The molecule has 3 nitrogen and oxygen atoms in total. The van der Waals surface area contributed by atoms with Crippen LogP contribution in [-0.2, 0) is 16.0 Å². The van der Waals surface area contributed by atoms with Gasteiger partial charge in [0.2, 0.25) is 0 Å². The Kier molecular flexibility index (Phi) is 2.54. The fraction of sp³-hybridized carbons (Fsp3) is 0.333. The van der Waals surface area contributed by atoms with E-state index >= 15 is 0 Å². The standard InChI is InChI=1S/C12H12O3/c13-11(9-7-10(9)12(14)15)6-8-4-2-1-3-5-8/h1-5,9-10H,6-7H2,(H,14,15)/t9-,10+/m0/s1. The van der Waals surface area contributed by atoms with E-state index in [2.05, 4.69) is 0 Å². The van der Waals surface area contributed by atoms with Gasteiger partial charge in [-0.3, -0.25) is 9.59 Å². The second-order valence-corrected chi connectivity index (χ2v) is 3.92. The van der Waals surface area contributed by atoms with Crippen LogP contribution < -0.4 is 0 Å². The average molecular weight is 204 g/mol. The average Bonchev–Trinajstić information content (AvgIpc) is 2.98. The van der Waals surface area contributed by atoms with E-state index in [1.165, 1.54) is 0 Å². The number of carboxylic acid groups (broad SMARTS) is 1. The number of carbonyl (C=O) groups excluding carboxylic acids is 1. The molecule has 0 aliphatic heterocycles. The van der Waals surface area contributed by atoms with Gasteiger partial charge in [0.1, 0.15) is 5.78 Å². The van der Waals surface area contributed by atoms with Crippen LogP contribution in [0.25, 0.3) is 0 Å². The van der Waals surface area contributed by atoms with Gasteiger partial charge in [0.05, 0.1) is 5.92 Å². The van der Waals surface area contributed by atoms with Crippen molar-refractivity contribution in [2.75, 3.05) is 0 Å². The third-order valence-electron chi connectivity index (χ3n) is 2.74. The molecule has 15 heavy (non-hydrogen) atoms. The van der Waals surface area contributed by atoms with Crippen LogP contribution in [0.4, 0.5) is 0 Å². The van der Waals surface area contributed by atoms with Gasteiger partial charge in [-0.15, -0.1) is 0 Å². The van der Waals surface area contributed by atoms with Crippen molar-refractivity contribution in [3.05, 3.63) is 35.9 Å². The molecular formula is C12H12O3. The summed E-state index contributed by atoms with van der Waals surface area (Å²) in [6.45, 7) is 0. The van der Waals surface area contributed by atoms with E-state index in [1.54, 1.807) is 0 Å². The molecule has 2 rings (SSSR count). The molecule has 1 fully saturated rings. The number of hydrogen-bond acceptors (Lipinski definition) is 2. The number of carboxylic acids is 1. The monoisotopic (exact) mass is 204 g/mol. The molecule has 2 atom stereocenters. The Morgan fingerprint density at radius 1 is 1.20 bits per heavy atom. The van der Waals surface area contributed by atoms with Gasteiger partial charge in [0, 0.05) is 12.3 Å². The zero-order valence-corrected chi connectivity index (χ0v) is 8.22. The van der Waals surface area contributed by atoms with Gasteiger partial charge in [-0.05, 0) is 12.0 Å². The van der Waals surface area contributed by atoms with Gasteiger partial charge in [0.25, 0.3) is 0 Å². The number of hydrogen-bond donors (Lipinski definition) is 1. The maximum absolute atomic E-state index is 11.6. The summed E-state index contributed by atoms with van der Waals surface area (Å²) in [4.78, 5) is 22.2. The van der Waals surface area contributed by atoms with Gasteiger partial charge in [0.15, 0.2) is 0 Å². The number of carbonyl (C=O) groups is 2. The molecule has 1 aromatic carbocycles. The molecule has 1 N–H and O–H groups in total. The van der Waals surface area contributed by atoms with E-state index in [0.29, 0.717) is 12.8 Å². The first-order valence-corrected chi connectivity index (χ1v) is 4.98. The Labute approximate surface area is 87.7 Å². The predicted molar refractivity (Wildman–Crippen MR) is 54.4 cm³/mol. The Morgan fingerprint density at radius 2 is 1.87 bits per heavy atom. The van der Waals surface area contributed by atoms with Crippen molar-refractivity contribution >= 4 is 11.8 Å². The molecule has 0 heterocycles. The summed E-state index contributed by atoms with van der Waals surface area (Å²) < 4.78 is 0. The molecule has 1 aromatic rings. The maximum Gasteiger partial charge on any atom is 0.307 e. The molecule has 0 amide bonds. The smallest absolute Gasteiger partial charge is 0.307 e. The molecule has 0 saturated heterocycles. The van der Waals surface area contributed by atoms with Gasteiger partial charge in [-0.25, -0.2) is 0 Å². The predicted octanol–water partition coefficient (Wildman–Crippen LogP) is 1.52. The zero-order chi connectivity index (χ0) is 10.8. The molecule has 0 spiro atoms. The van der Waals surface area contributed by atoms with E-state index < -0.39 is 11.9 Å². The van der Waals surface area contributed by atoms with E-state index in [1.807, 2.05) is 30.3 Å². The zero-order valence-electron chi connectivity index (χ0n) is 8.22. The molecule has 1 aliphatic carbocycles. The minimum Gasteiger partial charge on any atom is -0.481 e. The topological polar surface area (TPSA) is 54.4 Å². The first-order valence-electron chi connectivity index (χ1n) is 4.98. The van der Waals surface area contributed by atoms with Crippen molar-refractivity contribution < 1.29 is 14.7 Å². The summed E-state index contributed by atoms with van der Waals surface area (Å²) in [5.41, 5.74) is 0.957. The lowest BCUT2D eigenvalue weighted by Crippen LogP contribution is -2.10. The SMILES string of the molecule is O=C(Cc1ccccc1)[C@H]1C[C@H]1C(=O)O. The fourth-order valence-electron chi connectivity index (χ4n) is 1.75. The van der Waals surface area contributed by atoms with E-state index in [-0.39, 0.29) is 11.7 Å². The maximum atomic E-state index is 11.6. The molecule has 1 saturated carbocycles. The molecule has 0 bridgehead atoms. The highest BCUT2D eigenvalue weighted by Gasteiger charge is 2.47. The summed E-state index contributed by atoms with van der Waals surface area (Å²) in [7, 11) is 0. The van der Waals surface area contributed by atoms with Gasteiger partial charge < -0.3 is 5.11 Å². The minimum atomic E-state index is -0.846. The first kappa shape index (κ1) is 9.90. The highest BCUT2D eigenvalue weighted by molar-refractivity contribution is 5.92. The number of Topliss-reactive ketones (excluding diaryl/α,β-unsaturated/α-hetero) is 1. The highest BCUT2D eigenvalue weighted by Crippen LogP contribution is 2.39. The van der Waals surface area contributed by atoms with Crippen LogP contribution in [0.5, 0.6) is 0 Å². The van der Waals surface area contributed by atoms with E-state index in [4.69, 9.17) is 5.11 Å². The van der Waals surface area contributed by atoms with Crippen LogP contribution >= 0.6 is 0 Å². The summed E-state index contributed by atoms with van der Waals surface area (Å²) in [6.07, 6.45) is 0.871. The lowest BCUT2D eigenvalue weighted by Gasteiger charge is -1.98. The second kappa shape index (κ2) is 3.85. The summed E-state index contributed by atoms with van der Waals surface area (Å²) in [5, 5.41) is 8.69. The van der Waals surface area contributed by atoms with Gasteiger partial charge in [-0.2, -0.15) is 0 Å². The van der Waals surface area contributed by atoms with Crippen molar-refractivity contribution in [2.45, 2.75) is 12.8 Å². The van der Waals surface area contributed by atoms with Crippen molar-refractivity contribution in [3.63, 3.8) is 0 Å². The molecular weight excluding hydrogens is 192 g/mol. The third-order valence-corrected chi connectivity index (χ3v) is 2.74. The lowest BCUT2D eigenvalue weighted by atomic mass is 10.1. The molecule has 78 valence electrons. The Morgan fingerprint density at radius 3 is 2.40 bits per heavy atom. The number of rotatable bonds is 4. The Balaban J connectivity index is 1.92. The van der Waals surface area contributed by atoms with Crippen LogP contribution in [0.1, 0.15) is 12.0 Å². The summed E-state index contributed by atoms with van der Waals surface area (Å²) >= 11 is 0. The van der Waals surface area contributed by atoms with E-state index in [0.717, 1.165) is 5.56 Å². The Bertz CT molecular complexity index is 383. The molecule has 0 aromatic heterocycles. The highest BCUT2D eigenvalue weighted by atomic mass is 16.4. The van der Waals surface area contributed by atoms with Crippen LogP contribution in [0.15, 0.2) is 30.3 Å². The number of benzene rings is 1. The van der Waals surface area contributed by atoms with Gasteiger partial charge >= 0.3 is 5.97 Å². The van der Waals surface area contributed by atoms with Crippen LogP contribution in [-0.4, -0.2) is 16.9 Å². The van der Waals surface area contributed by atoms with Crippen LogP contribution in [0.2, 0.25) is 0 Å². The molecule has 1 aliphatic rings. The Hall–Kier alpha value is -1.64. The summed E-state index contributed by atoms with van der Waals surface area (Å²) in [6, 6.07) is 9.42. The fourth-order valence-corrected chi connectivity index (χ4v) is 1.75. The largest absolute Gasteiger partial charge is 0.481 e. The van der Waals surface area contributed by atoms with Gasteiger partial charge in [-0.1, -0.05) is 30.3 Å². The third kappa shape index (κ3) is 2.24.